The quantitative estimate of drug-likeness (QED) is 0.790. The van der Waals surface area contributed by atoms with Gasteiger partial charge in [-0.05, 0) is 44.1 Å². The van der Waals surface area contributed by atoms with Gasteiger partial charge in [-0.1, -0.05) is 19.3 Å². The molecule has 2 N–H and O–H groups in total. The van der Waals surface area contributed by atoms with Crippen molar-refractivity contribution in [2.75, 3.05) is 5.32 Å². The Morgan fingerprint density at radius 1 is 1.35 bits per heavy atom. The van der Waals surface area contributed by atoms with Crippen molar-refractivity contribution in [1.82, 2.24) is 10.3 Å². The molecule has 1 fully saturated rings. The van der Waals surface area contributed by atoms with Gasteiger partial charge in [0.05, 0.1) is 11.9 Å². The molecule has 0 spiro atoms. The summed E-state index contributed by atoms with van der Waals surface area (Å²) in [5, 5.41) is 7.31. The van der Waals surface area contributed by atoms with Crippen LogP contribution in [0.15, 0.2) is 24.5 Å². The van der Waals surface area contributed by atoms with Gasteiger partial charge in [0.1, 0.15) is 0 Å². The molecule has 0 radical (unpaired) electrons. The minimum atomic E-state index is 0.157. The highest BCUT2D eigenvalue weighted by atomic mass is 32.1. The van der Waals surface area contributed by atoms with Crippen molar-refractivity contribution in [1.29, 1.82) is 0 Å². The minimum absolute atomic E-state index is 0.157. The largest absolute Gasteiger partial charge is 0.357 e. The lowest BCUT2D eigenvalue weighted by atomic mass is 9.83. The van der Waals surface area contributed by atoms with E-state index in [4.69, 9.17) is 12.2 Å². The van der Waals surface area contributed by atoms with Crippen molar-refractivity contribution < 1.29 is 0 Å². The van der Waals surface area contributed by atoms with Crippen LogP contribution in [0.3, 0.4) is 0 Å². The second kappa shape index (κ2) is 5.45. The van der Waals surface area contributed by atoms with Crippen LogP contribution in [0.25, 0.3) is 0 Å². The van der Waals surface area contributed by atoms with Gasteiger partial charge in [0.25, 0.3) is 0 Å². The van der Waals surface area contributed by atoms with E-state index < -0.39 is 0 Å². The lowest BCUT2D eigenvalue weighted by Gasteiger charge is -2.35. The lowest BCUT2D eigenvalue weighted by Crippen LogP contribution is -2.48. The van der Waals surface area contributed by atoms with Crippen LogP contribution in [0.1, 0.15) is 39.0 Å². The zero-order valence-electron chi connectivity index (χ0n) is 10.2. The topological polar surface area (TPSA) is 37.0 Å². The first-order valence-electron chi connectivity index (χ1n) is 6.17. The number of rotatable bonds is 2. The van der Waals surface area contributed by atoms with Crippen molar-refractivity contribution in [3.63, 3.8) is 0 Å². The molecule has 92 valence electrons. The Hall–Kier alpha value is -1.16. The molecule has 2 rings (SSSR count). The molecule has 0 atom stereocenters. The minimum Gasteiger partial charge on any atom is -0.357 e. The molecule has 0 saturated heterocycles. The Morgan fingerprint density at radius 3 is 2.76 bits per heavy atom. The molecule has 1 aromatic heterocycles. The molecular formula is C13H19N3S. The summed E-state index contributed by atoms with van der Waals surface area (Å²) in [5.41, 5.74) is 1.09. The zero-order chi connectivity index (χ0) is 12.1. The van der Waals surface area contributed by atoms with Crippen LogP contribution >= 0.6 is 12.2 Å². The number of nitrogens with one attached hydrogen (secondary N) is 2. The normalized spacial score (nSPS) is 18.4. The fourth-order valence-corrected chi connectivity index (χ4v) is 2.69. The van der Waals surface area contributed by atoms with Gasteiger partial charge < -0.3 is 10.6 Å². The first kappa shape index (κ1) is 12.3. The summed E-state index contributed by atoms with van der Waals surface area (Å²) < 4.78 is 0. The molecule has 1 aromatic rings. The Bertz CT molecular complexity index is 372. The van der Waals surface area contributed by atoms with E-state index in [0.717, 1.165) is 5.69 Å². The summed E-state index contributed by atoms with van der Waals surface area (Å²) in [6.07, 6.45) is 9.85. The molecular weight excluding hydrogens is 230 g/mol. The van der Waals surface area contributed by atoms with E-state index in [1.54, 1.807) is 12.4 Å². The number of pyridine rings is 1. The Morgan fingerprint density at radius 2 is 2.12 bits per heavy atom. The molecule has 0 aromatic carbocycles. The molecule has 0 aliphatic heterocycles. The zero-order valence-corrected chi connectivity index (χ0v) is 11.0. The summed E-state index contributed by atoms with van der Waals surface area (Å²) in [7, 11) is 0. The first-order valence-corrected chi connectivity index (χ1v) is 6.58. The van der Waals surface area contributed by atoms with Crippen molar-refractivity contribution in [3.8, 4) is 0 Å². The fourth-order valence-electron chi connectivity index (χ4n) is 2.33. The van der Waals surface area contributed by atoms with Gasteiger partial charge in [0.15, 0.2) is 5.11 Å². The maximum absolute atomic E-state index is 5.34. The highest BCUT2D eigenvalue weighted by Gasteiger charge is 2.27. The number of aromatic nitrogens is 1. The van der Waals surface area contributed by atoms with E-state index in [1.165, 1.54) is 32.1 Å². The second-order valence-corrected chi connectivity index (χ2v) is 5.35. The van der Waals surface area contributed by atoms with E-state index >= 15 is 0 Å². The van der Waals surface area contributed by atoms with E-state index in [2.05, 4.69) is 22.5 Å². The predicted octanol–water partition coefficient (Wildman–Crippen LogP) is 3.09. The summed E-state index contributed by atoms with van der Waals surface area (Å²) in [6.45, 7) is 2.25. The Kier molecular flexibility index (Phi) is 3.94. The third-order valence-corrected chi connectivity index (χ3v) is 3.50. The van der Waals surface area contributed by atoms with Crippen LogP contribution < -0.4 is 10.6 Å². The average Bonchev–Trinajstić information content (AvgIpc) is 2.30. The molecule has 0 bridgehead atoms. The molecule has 0 amide bonds. The van der Waals surface area contributed by atoms with Gasteiger partial charge in [-0.25, -0.2) is 0 Å². The summed E-state index contributed by atoms with van der Waals surface area (Å²) in [6, 6.07) is 3.86. The molecule has 3 nitrogen and oxygen atoms in total. The third-order valence-electron chi connectivity index (χ3n) is 3.29. The monoisotopic (exact) mass is 249 g/mol. The van der Waals surface area contributed by atoms with Crippen LogP contribution in [0.4, 0.5) is 5.69 Å². The lowest BCUT2D eigenvalue weighted by molar-refractivity contribution is 0.292. The maximum Gasteiger partial charge on any atom is 0.171 e. The number of hydrogen-bond acceptors (Lipinski definition) is 2. The summed E-state index contributed by atoms with van der Waals surface area (Å²) >= 11 is 5.34. The highest BCUT2D eigenvalue weighted by Crippen LogP contribution is 2.27. The highest BCUT2D eigenvalue weighted by molar-refractivity contribution is 7.80. The molecule has 4 heteroatoms. The van der Waals surface area contributed by atoms with E-state index in [9.17, 15) is 0 Å². The maximum atomic E-state index is 5.34. The van der Waals surface area contributed by atoms with E-state index in [0.29, 0.717) is 5.11 Å². The molecule has 1 heterocycles. The molecule has 1 aliphatic rings. The van der Waals surface area contributed by atoms with Crippen molar-refractivity contribution in [2.45, 2.75) is 44.6 Å². The number of thiocarbonyl (C=S) groups is 1. The SMILES string of the molecule is CC1(NC(=S)Nc2cccnc2)CCCCC1. The molecule has 0 unspecified atom stereocenters. The standard InChI is InChI=1S/C13H19N3S/c1-13(7-3-2-4-8-13)16-12(17)15-11-6-5-9-14-10-11/h5-6,9-10H,2-4,7-8H2,1H3,(H2,15,16,17). The Balaban J connectivity index is 1.88. The van der Waals surface area contributed by atoms with Crippen LogP contribution in [0.2, 0.25) is 0 Å². The molecule has 17 heavy (non-hydrogen) atoms. The van der Waals surface area contributed by atoms with Crippen molar-refractivity contribution >= 4 is 23.0 Å². The van der Waals surface area contributed by atoms with Gasteiger partial charge in [-0.2, -0.15) is 0 Å². The number of anilines is 1. The third kappa shape index (κ3) is 3.66. The van der Waals surface area contributed by atoms with Crippen LogP contribution in [0, 0.1) is 0 Å². The van der Waals surface area contributed by atoms with E-state index in [1.807, 2.05) is 12.1 Å². The van der Waals surface area contributed by atoms with Gasteiger partial charge in [0, 0.05) is 11.7 Å². The molecule has 1 aliphatic carbocycles. The number of hydrogen-bond donors (Lipinski definition) is 2. The van der Waals surface area contributed by atoms with Crippen molar-refractivity contribution in [2.24, 2.45) is 0 Å². The second-order valence-electron chi connectivity index (χ2n) is 4.94. The van der Waals surface area contributed by atoms with Gasteiger partial charge in [0.2, 0.25) is 0 Å². The van der Waals surface area contributed by atoms with Gasteiger partial charge in [-0.15, -0.1) is 0 Å². The van der Waals surface area contributed by atoms with Crippen molar-refractivity contribution in [3.05, 3.63) is 24.5 Å². The van der Waals surface area contributed by atoms with Crippen LogP contribution in [0.5, 0.6) is 0 Å². The van der Waals surface area contributed by atoms with E-state index in [-0.39, 0.29) is 5.54 Å². The first-order chi connectivity index (χ1) is 8.18. The summed E-state index contributed by atoms with van der Waals surface area (Å²) in [4.78, 5) is 4.05. The summed E-state index contributed by atoms with van der Waals surface area (Å²) in [5.74, 6) is 0. The average molecular weight is 249 g/mol. The fraction of sp³-hybridized carbons (Fsp3) is 0.538. The van der Waals surface area contributed by atoms with Crippen LogP contribution in [-0.2, 0) is 0 Å². The predicted molar refractivity (Wildman–Crippen MR) is 75.1 cm³/mol. The Labute approximate surface area is 108 Å². The molecule has 1 saturated carbocycles. The number of nitrogens with zero attached hydrogens (tertiary/aromatic N) is 1. The van der Waals surface area contributed by atoms with Gasteiger partial charge in [-0.3, -0.25) is 4.98 Å². The van der Waals surface area contributed by atoms with Gasteiger partial charge >= 0.3 is 0 Å². The van der Waals surface area contributed by atoms with Crippen LogP contribution in [-0.4, -0.2) is 15.6 Å². The smallest absolute Gasteiger partial charge is 0.171 e.